The van der Waals surface area contributed by atoms with E-state index in [4.69, 9.17) is 33.7 Å². The first kappa shape index (κ1) is 21.0. The van der Waals surface area contributed by atoms with Crippen molar-refractivity contribution < 1.29 is 9.53 Å². The molecule has 2 N–H and O–H groups in total. The highest BCUT2D eigenvalue weighted by molar-refractivity contribution is 9.10. The predicted molar refractivity (Wildman–Crippen MR) is 115 cm³/mol. The van der Waals surface area contributed by atoms with Crippen LogP contribution in [0.5, 0.6) is 5.75 Å². The molecule has 2 aromatic carbocycles. The van der Waals surface area contributed by atoms with Gasteiger partial charge in [-0.3, -0.25) is 4.79 Å². The Morgan fingerprint density at radius 2 is 1.73 bits per heavy atom. The first-order valence-corrected chi connectivity index (χ1v) is 9.62. The van der Waals surface area contributed by atoms with Crippen LogP contribution in [0.3, 0.4) is 0 Å². The Bertz CT molecular complexity index is 981. The van der Waals surface area contributed by atoms with Gasteiger partial charge in [0.15, 0.2) is 6.29 Å². The average Bonchev–Trinajstić information content (AvgIpc) is 2.62. The third kappa shape index (κ3) is 4.49. The van der Waals surface area contributed by atoms with Crippen molar-refractivity contribution in [2.45, 2.75) is 6.92 Å². The fraction of sp³-hybridized carbons (Fsp3) is 0.111. The number of halogens is 4. The molecule has 0 fully saturated rings. The van der Waals surface area contributed by atoms with Crippen molar-refractivity contribution in [1.29, 1.82) is 0 Å². The summed E-state index contributed by atoms with van der Waals surface area (Å²) in [5.41, 5.74) is 7.94. The molecule has 136 valence electrons. The van der Waals surface area contributed by atoms with Crippen LogP contribution in [0, 0.1) is 6.92 Å². The molecule has 3 rings (SSSR count). The van der Waals surface area contributed by atoms with Gasteiger partial charge in [-0.15, -0.1) is 0 Å². The van der Waals surface area contributed by atoms with Crippen molar-refractivity contribution in [2.75, 3.05) is 12.8 Å². The number of carbonyl (C=O) groups excluding carboxylic acids is 1. The zero-order chi connectivity index (χ0) is 19.4. The molecule has 0 unspecified atom stereocenters. The van der Waals surface area contributed by atoms with Gasteiger partial charge in [0, 0.05) is 20.0 Å². The quantitative estimate of drug-likeness (QED) is 0.311. The monoisotopic (exact) mass is 518 g/mol. The van der Waals surface area contributed by atoms with Gasteiger partial charge in [0.1, 0.15) is 5.75 Å². The number of nitrogen functional groups attached to an aromatic ring is 1. The van der Waals surface area contributed by atoms with Gasteiger partial charge in [-0.25, -0.2) is 4.98 Å². The number of benzene rings is 2. The normalized spacial score (nSPS) is 10.2. The molecule has 0 radical (unpaired) electrons. The SMILES string of the molecule is COc1cc2c(Cl)c(Br)ccc2nc1C.Nc1ccc(Br)c(Cl)c1C=O. The van der Waals surface area contributed by atoms with E-state index in [0.29, 0.717) is 32.1 Å². The Hall–Kier alpha value is -1.34. The van der Waals surface area contributed by atoms with E-state index in [9.17, 15) is 4.79 Å². The molecule has 0 saturated carbocycles. The van der Waals surface area contributed by atoms with Crippen molar-refractivity contribution in [2.24, 2.45) is 0 Å². The Balaban J connectivity index is 0.000000197. The molecule has 0 amide bonds. The molecule has 0 aliphatic carbocycles. The van der Waals surface area contributed by atoms with E-state index in [2.05, 4.69) is 36.8 Å². The largest absolute Gasteiger partial charge is 0.495 e. The van der Waals surface area contributed by atoms with Crippen molar-refractivity contribution in [3.8, 4) is 5.75 Å². The molecule has 8 heteroatoms. The Morgan fingerprint density at radius 3 is 2.31 bits per heavy atom. The molecule has 0 saturated heterocycles. The van der Waals surface area contributed by atoms with E-state index in [-0.39, 0.29) is 0 Å². The molecule has 0 spiro atoms. The van der Waals surface area contributed by atoms with Gasteiger partial charge in [-0.05, 0) is 69.1 Å². The second-order valence-electron chi connectivity index (χ2n) is 5.19. The minimum atomic E-state index is 0.334. The van der Waals surface area contributed by atoms with Gasteiger partial charge in [0.25, 0.3) is 0 Å². The number of anilines is 1. The lowest BCUT2D eigenvalue weighted by molar-refractivity contribution is 0.112. The first-order valence-electron chi connectivity index (χ1n) is 7.28. The third-order valence-corrected chi connectivity index (χ3v) is 6.13. The van der Waals surface area contributed by atoms with Crippen LogP contribution in [0.15, 0.2) is 39.3 Å². The lowest BCUT2D eigenvalue weighted by atomic mass is 10.2. The maximum Gasteiger partial charge on any atom is 0.153 e. The standard InChI is InChI=1S/C11H9BrClNO.C7H5BrClNO/c1-6-10(15-2)5-7-9(14-6)4-3-8(12)11(7)13;8-5-1-2-6(10)4(3-11)7(5)9/h3-5H,1-2H3;1-3H,10H2. The molecule has 0 aliphatic heterocycles. The number of pyridine rings is 1. The molecule has 0 bridgehead atoms. The van der Waals surface area contributed by atoms with E-state index in [1.54, 1.807) is 19.2 Å². The van der Waals surface area contributed by atoms with Crippen LogP contribution in [0.1, 0.15) is 16.1 Å². The highest BCUT2D eigenvalue weighted by atomic mass is 79.9. The van der Waals surface area contributed by atoms with Crippen LogP contribution in [0.4, 0.5) is 5.69 Å². The number of nitrogens with zero attached hydrogens (tertiary/aromatic N) is 1. The number of hydrogen-bond acceptors (Lipinski definition) is 4. The Labute approximate surface area is 177 Å². The topological polar surface area (TPSA) is 65.2 Å². The molecule has 0 atom stereocenters. The van der Waals surface area contributed by atoms with E-state index in [0.717, 1.165) is 26.8 Å². The first-order chi connectivity index (χ1) is 12.3. The lowest BCUT2D eigenvalue weighted by Crippen LogP contribution is -1.93. The maximum absolute atomic E-state index is 10.4. The summed E-state index contributed by atoms with van der Waals surface area (Å²) in [5.74, 6) is 0.752. The third-order valence-electron chi connectivity index (χ3n) is 3.53. The Morgan fingerprint density at radius 1 is 1.12 bits per heavy atom. The molecule has 1 heterocycles. The minimum absolute atomic E-state index is 0.334. The second kappa shape index (κ2) is 9.04. The van der Waals surface area contributed by atoms with Crippen LogP contribution < -0.4 is 10.5 Å². The molecular weight excluding hydrogens is 507 g/mol. The van der Waals surface area contributed by atoms with E-state index in [1.165, 1.54) is 0 Å². The number of aryl methyl sites for hydroxylation is 1. The van der Waals surface area contributed by atoms with Gasteiger partial charge in [0.2, 0.25) is 0 Å². The summed E-state index contributed by atoms with van der Waals surface area (Å²) in [5, 5.41) is 1.92. The van der Waals surface area contributed by atoms with Crippen LogP contribution in [-0.4, -0.2) is 18.4 Å². The van der Waals surface area contributed by atoms with Crippen LogP contribution in [0.25, 0.3) is 10.9 Å². The molecular formula is C18H14Br2Cl2N2O2. The van der Waals surface area contributed by atoms with Crippen molar-refractivity contribution >= 4 is 77.9 Å². The van der Waals surface area contributed by atoms with Gasteiger partial charge in [-0.2, -0.15) is 0 Å². The fourth-order valence-corrected chi connectivity index (χ4v) is 3.29. The van der Waals surface area contributed by atoms with Gasteiger partial charge in [0.05, 0.1) is 33.9 Å². The molecule has 3 aromatic rings. The molecule has 4 nitrogen and oxygen atoms in total. The number of methoxy groups -OCH3 is 1. The summed E-state index contributed by atoms with van der Waals surface area (Å²) in [6, 6.07) is 9.05. The fourth-order valence-electron chi connectivity index (χ4n) is 2.17. The maximum atomic E-state index is 10.4. The highest BCUT2D eigenvalue weighted by Crippen LogP contribution is 2.33. The second-order valence-corrected chi connectivity index (χ2v) is 7.65. The molecule has 26 heavy (non-hydrogen) atoms. The molecule has 0 aliphatic rings. The summed E-state index contributed by atoms with van der Waals surface area (Å²) in [4.78, 5) is 14.8. The number of aromatic nitrogens is 1. The summed E-state index contributed by atoms with van der Waals surface area (Å²) in [6.45, 7) is 1.91. The number of ether oxygens (including phenoxy) is 1. The van der Waals surface area contributed by atoms with Gasteiger partial charge in [-0.1, -0.05) is 23.2 Å². The minimum Gasteiger partial charge on any atom is -0.495 e. The highest BCUT2D eigenvalue weighted by Gasteiger charge is 2.08. The number of carbonyl (C=O) groups is 1. The molecule has 1 aromatic heterocycles. The smallest absolute Gasteiger partial charge is 0.153 e. The number of rotatable bonds is 2. The van der Waals surface area contributed by atoms with Crippen LogP contribution >= 0.6 is 55.1 Å². The summed E-state index contributed by atoms with van der Waals surface area (Å²) < 4.78 is 6.75. The Kier molecular flexibility index (Phi) is 7.29. The average molecular weight is 521 g/mol. The summed E-state index contributed by atoms with van der Waals surface area (Å²) in [6.07, 6.45) is 0.641. The van der Waals surface area contributed by atoms with Crippen molar-refractivity contribution in [3.05, 3.63) is 60.6 Å². The zero-order valence-electron chi connectivity index (χ0n) is 13.8. The summed E-state index contributed by atoms with van der Waals surface area (Å²) >= 11 is 18.5. The predicted octanol–water partition coefficient (Wildman–Crippen LogP) is 6.46. The van der Waals surface area contributed by atoms with Gasteiger partial charge < -0.3 is 10.5 Å². The van der Waals surface area contributed by atoms with Crippen molar-refractivity contribution in [1.82, 2.24) is 4.98 Å². The van der Waals surface area contributed by atoms with Crippen molar-refractivity contribution in [3.63, 3.8) is 0 Å². The van der Waals surface area contributed by atoms with E-state index >= 15 is 0 Å². The summed E-state index contributed by atoms with van der Waals surface area (Å²) in [7, 11) is 1.63. The number of hydrogen-bond donors (Lipinski definition) is 1. The van der Waals surface area contributed by atoms with Crippen LogP contribution in [0.2, 0.25) is 10.0 Å². The number of aldehydes is 1. The van der Waals surface area contributed by atoms with Crippen LogP contribution in [-0.2, 0) is 0 Å². The van der Waals surface area contributed by atoms with E-state index < -0.39 is 0 Å². The lowest BCUT2D eigenvalue weighted by Gasteiger charge is -2.07. The number of nitrogens with two attached hydrogens (primary N) is 1. The van der Waals surface area contributed by atoms with E-state index in [1.807, 2.05) is 25.1 Å². The number of fused-ring (bicyclic) bond motifs is 1. The zero-order valence-corrected chi connectivity index (χ0v) is 18.5. The van der Waals surface area contributed by atoms with Gasteiger partial charge >= 0.3 is 0 Å².